The Kier molecular flexibility index (Phi) is 4.13. The zero-order chi connectivity index (χ0) is 12.3. The molecule has 8 heteroatoms. The van der Waals surface area contributed by atoms with E-state index < -0.39 is 12.0 Å². The molecule has 0 aliphatic carbocycles. The Morgan fingerprint density at radius 3 is 2.69 bits per heavy atom. The van der Waals surface area contributed by atoms with Crippen molar-refractivity contribution in [3.8, 4) is 0 Å². The van der Waals surface area contributed by atoms with Crippen LogP contribution in [-0.2, 0) is 4.79 Å². The Bertz CT molecular complexity index is 379. The van der Waals surface area contributed by atoms with E-state index in [2.05, 4.69) is 10.2 Å². The van der Waals surface area contributed by atoms with Gasteiger partial charge in [-0.2, -0.15) is 0 Å². The van der Waals surface area contributed by atoms with Crippen molar-refractivity contribution in [3.05, 3.63) is 0 Å². The lowest BCUT2D eigenvalue weighted by molar-refractivity contribution is -0.137. The molecule has 0 aliphatic rings. The fourth-order valence-corrected chi connectivity index (χ4v) is 2.12. The van der Waals surface area contributed by atoms with E-state index in [-0.39, 0.29) is 11.8 Å². The van der Waals surface area contributed by atoms with Crippen LogP contribution >= 0.6 is 11.8 Å². The Hall–Kier alpha value is -1.28. The van der Waals surface area contributed by atoms with E-state index in [9.17, 15) is 4.79 Å². The van der Waals surface area contributed by atoms with Crippen molar-refractivity contribution in [2.75, 3.05) is 11.5 Å². The minimum absolute atomic E-state index is 0.124. The fraction of sp³-hybridized carbons (Fsp3) is 0.625. The van der Waals surface area contributed by atoms with Gasteiger partial charge in [-0.25, -0.2) is 0 Å². The number of carboxylic acids is 1. The number of thioether (sulfide) groups is 1. The zero-order valence-electron chi connectivity index (χ0n) is 9.12. The van der Waals surface area contributed by atoms with Crippen LogP contribution in [-0.4, -0.2) is 37.6 Å². The highest BCUT2D eigenvalue weighted by atomic mass is 32.2. The first-order valence-corrected chi connectivity index (χ1v) is 5.73. The average Bonchev–Trinajstić information content (AvgIpc) is 2.55. The van der Waals surface area contributed by atoms with E-state index in [1.54, 1.807) is 4.57 Å². The van der Waals surface area contributed by atoms with Gasteiger partial charge in [0.2, 0.25) is 5.95 Å². The molecule has 0 spiro atoms. The average molecular weight is 245 g/mol. The van der Waals surface area contributed by atoms with E-state index in [0.717, 1.165) is 0 Å². The van der Waals surface area contributed by atoms with Crippen molar-refractivity contribution < 1.29 is 9.90 Å². The molecule has 0 bridgehead atoms. The van der Waals surface area contributed by atoms with E-state index >= 15 is 0 Å². The molecular weight excluding hydrogens is 230 g/mol. The molecule has 0 saturated carbocycles. The monoisotopic (exact) mass is 245 g/mol. The van der Waals surface area contributed by atoms with Crippen LogP contribution in [0, 0.1) is 0 Å². The number of aromatic nitrogens is 3. The second kappa shape index (κ2) is 5.17. The maximum Gasteiger partial charge on any atom is 0.321 e. The molecule has 0 saturated heterocycles. The number of carboxylic acid groups (broad SMARTS) is 1. The van der Waals surface area contributed by atoms with Gasteiger partial charge in [0, 0.05) is 11.8 Å². The third kappa shape index (κ3) is 2.86. The lowest BCUT2D eigenvalue weighted by atomic mass is 10.4. The summed E-state index contributed by atoms with van der Waals surface area (Å²) in [5.41, 5.74) is 11.0. The number of aliphatic carboxylic acids is 1. The molecule has 5 N–H and O–H groups in total. The van der Waals surface area contributed by atoms with Gasteiger partial charge in [0.05, 0.1) is 0 Å². The summed E-state index contributed by atoms with van der Waals surface area (Å²) in [5, 5.41) is 16.8. The summed E-state index contributed by atoms with van der Waals surface area (Å²) in [4.78, 5) is 10.5. The molecule has 16 heavy (non-hydrogen) atoms. The Morgan fingerprint density at radius 1 is 1.56 bits per heavy atom. The molecular formula is C8H15N5O2S. The van der Waals surface area contributed by atoms with Crippen LogP contribution in [0.25, 0.3) is 0 Å². The molecule has 0 radical (unpaired) electrons. The third-order valence-corrected chi connectivity index (χ3v) is 2.98. The van der Waals surface area contributed by atoms with Gasteiger partial charge in [0.15, 0.2) is 5.16 Å². The van der Waals surface area contributed by atoms with Gasteiger partial charge in [0.1, 0.15) is 6.04 Å². The van der Waals surface area contributed by atoms with Crippen molar-refractivity contribution in [3.63, 3.8) is 0 Å². The molecule has 90 valence electrons. The smallest absolute Gasteiger partial charge is 0.321 e. The number of carbonyl (C=O) groups is 1. The van der Waals surface area contributed by atoms with Gasteiger partial charge < -0.3 is 16.6 Å². The van der Waals surface area contributed by atoms with E-state index in [0.29, 0.717) is 11.1 Å². The molecule has 0 fully saturated rings. The normalized spacial score (nSPS) is 13.0. The fourth-order valence-electron chi connectivity index (χ4n) is 1.11. The lowest BCUT2D eigenvalue weighted by Gasteiger charge is -2.11. The van der Waals surface area contributed by atoms with Gasteiger partial charge >= 0.3 is 5.97 Å². The van der Waals surface area contributed by atoms with Crippen LogP contribution in [0.3, 0.4) is 0 Å². The molecule has 1 aromatic rings. The Labute approximate surface area is 97.2 Å². The van der Waals surface area contributed by atoms with Crippen molar-refractivity contribution in [2.45, 2.75) is 31.1 Å². The van der Waals surface area contributed by atoms with Crippen LogP contribution in [0.5, 0.6) is 0 Å². The number of nitrogen functional groups attached to an aromatic ring is 1. The van der Waals surface area contributed by atoms with Crippen LogP contribution < -0.4 is 11.5 Å². The SMILES string of the molecule is CC(C)n1c(N)nnc1SCC(N)C(=O)O. The molecule has 7 nitrogen and oxygen atoms in total. The van der Waals surface area contributed by atoms with Gasteiger partial charge in [-0.15, -0.1) is 10.2 Å². The van der Waals surface area contributed by atoms with Gasteiger partial charge in [0.25, 0.3) is 0 Å². The molecule has 0 amide bonds. The highest BCUT2D eigenvalue weighted by molar-refractivity contribution is 7.99. The second-order valence-corrected chi connectivity index (χ2v) is 4.55. The number of rotatable bonds is 5. The summed E-state index contributed by atoms with van der Waals surface area (Å²) in [6.07, 6.45) is 0. The van der Waals surface area contributed by atoms with Crippen molar-refractivity contribution in [2.24, 2.45) is 5.73 Å². The standard InChI is InChI=1S/C8H15N5O2S/c1-4(2)13-7(10)11-12-8(13)16-3-5(9)6(14)15/h4-5H,3,9H2,1-2H3,(H2,10,11)(H,14,15). The Balaban J connectivity index is 2.71. The van der Waals surface area contributed by atoms with E-state index in [1.807, 2.05) is 13.8 Å². The molecule has 1 unspecified atom stereocenters. The maximum atomic E-state index is 10.5. The molecule has 0 aromatic carbocycles. The summed E-state index contributed by atoms with van der Waals surface area (Å²) in [6.45, 7) is 3.89. The van der Waals surface area contributed by atoms with Crippen molar-refractivity contribution in [1.82, 2.24) is 14.8 Å². The van der Waals surface area contributed by atoms with E-state index in [4.69, 9.17) is 16.6 Å². The van der Waals surface area contributed by atoms with Crippen LogP contribution in [0.4, 0.5) is 5.95 Å². The lowest BCUT2D eigenvalue weighted by Crippen LogP contribution is -2.32. The van der Waals surface area contributed by atoms with Crippen LogP contribution in [0.15, 0.2) is 5.16 Å². The van der Waals surface area contributed by atoms with Crippen molar-refractivity contribution in [1.29, 1.82) is 0 Å². The molecule has 1 aromatic heterocycles. The topological polar surface area (TPSA) is 120 Å². The number of hydrogen-bond donors (Lipinski definition) is 3. The number of anilines is 1. The number of nitrogens with zero attached hydrogens (tertiary/aromatic N) is 3. The zero-order valence-corrected chi connectivity index (χ0v) is 9.94. The summed E-state index contributed by atoms with van der Waals surface area (Å²) >= 11 is 1.24. The summed E-state index contributed by atoms with van der Waals surface area (Å²) in [5.74, 6) is -0.474. The highest BCUT2D eigenvalue weighted by Crippen LogP contribution is 2.22. The highest BCUT2D eigenvalue weighted by Gasteiger charge is 2.17. The molecule has 0 aliphatic heterocycles. The molecule has 1 atom stereocenters. The summed E-state index contributed by atoms with van der Waals surface area (Å²) in [6, 6.07) is -0.790. The van der Waals surface area contributed by atoms with Gasteiger partial charge in [-0.3, -0.25) is 9.36 Å². The maximum absolute atomic E-state index is 10.5. The first kappa shape index (κ1) is 12.8. The summed E-state index contributed by atoms with van der Waals surface area (Å²) in [7, 11) is 0. The number of hydrogen-bond acceptors (Lipinski definition) is 6. The van der Waals surface area contributed by atoms with E-state index in [1.165, 1.54) is 11.8 Å². The first-order chi connectivity index (χ1) is 7.43. The minimum atomic E-state index is -1.03. The quantitative estimate of drug-likeness (QED) is 0.622. The second-order valence-electron chi connectivity index (χ2n) is 3.56. The van der Waals surface area contributed by atoms with Crippen LogP contribution in [0.1, 0.15) is 19.9 Å². The predicted molar refractivity (Wildman–Crippen MR) is 61.2 cm³/mol. The largest absolute Gasteiger partial charge is 0.480 e. The third-order valence-electron chi connectivity index (χ3n) is 1.92. The minimum Gasteiger partial charge on any atom is -0.480 e. The van der Waals surface area contributed by atoms with Crippen molar-refractivity contribution >= 4 is 23.7 Å². The molecule has 1 heterocycles. The predicted octanol–water partition coefficient (Wildman–Crippen LogP) is -0.0548. The number of nitrogens with two attached hydrogens (primary N) is 2. The summed E-state index contributed by atoms with van der Waals surface area (Å²) < 4.78 is 1.74. The Morgan fingerprint density at radius 2 is 2.19 bits per heavy atom. The van der Waals surface area contributed by atoms with Gasteiger partial charge in [-0.1, -0.05) is 11.8 Å². The van der Waals surface area contributed by atoms with Gasteiger partial charge in [-0.05, 0) is 13.8 Å². The van der Waals surface area contributed by atoms with Crippen LogP contribution in [0.2, 0.25) is 0 Å². The molecule has 1 rings (SSSR count). The first-order valence-electron chi connectivity index (χ1n) is 4.75.